The lowest BCUT2D eigenvalue weighted by Gasteiger charge is -2.43. The number of fused-ring (bicyclic) bond motifs is 2. The Morgan fingerprint density at radius 3 is 2.71 bits per heavy atom. The highest BCUT2D eigenvalue weighted by molar-refractivity contribution is 5.85. The van der Waals surface area contributed by atoms with Crippen LogP contribution in [0.5, 0.6) is 0 Å². The summed E-state index contributed by atoms with van der Waals surface area (Å²) in [6, 6.07) is 8.96. The van der Waals surface area contributed by atoms with Crippen LogP contribution in [0.1, 0.15) is 17.5 Å². The zero-order chi connectivity index (χ0) is 10.3. The highest BCUT2D eigenvalue weighted by Crippen LogP contribution is 2.38. The fourth-order valence-corrected chi connectivity index (χ4v) is 3.13. The van der Waals surface area contributed by atoms with Gasteiger partial charge in [-0.05, 0) is 37.6 Å². The van der Waals surface area contributed by atoms with Gasteiger partial charge >= 0.3 is 0 Å². The van der Waals surface area contributed by atoms with Gasteiger partial charge in [0.2, 0.25) is 0 Å². The molecule has 3 rings (SSSR count). The summed E-state index contributed by atoms with van der Waals surface area (Å²) >= 11 is 0. The summed E-state index contributed by atoms with van der Waals surface area (Å²) in [6.45, 7) is 3.46. The Morgan fingerprint density at radius 1 is 1.24 bits per heavy atom. The van der Waals surface area contributed by atoms with E-state index in [2.05, 4.69) is 41.5 Å². The number of rotatable bonds is 0. The van der Waals surface area contributed by atoms with Crippen LogP contribution in [-0.4, -0.2) is 31.6 Å². The van der Waals surface area contributed by atoms with Crippen LogP contribution in [0.15, 0.2) is 24.3 Å². The van der Waals surface area contributed by atoms with E-state index in [1.807, 2.05) is 0 Å². The number of hydrogen-bond acceptors (Lipinski definition) is 2. The molecule has 1 unspecified atom stereocenters. The van der Waals surface area contributed by atoms with Gasteiger partial charge in [-0.15, -0.1) is 24.8 Å². The Kier molecular flexibility index (Phi) is 4.85. The minimum atomic E-state index is 0. The van der Waals surface area contributed by atoms with Crippen molar-refractivity contribution in [1.82, 2.24) is 10.2 Å². The first-order valence-corrected chi connectivity index (χ1v) is 5.83. The van der Waals surface area contributed by atoms with Crippen LogP contribution in [0.3, 0.4) is 0 Å². The zero-order valence-electron chi connectivity index (χ0n) is 10.1. The van der Waals surface area contributed by atoms with Gasteiger partial charge in [0, 0.05) is 13.1 Å². The molecule has 0 amide bonds. The third-order valence-electron chi connectivity index (χ3n) is 4.10. The second kappa shape index (κ2) is 5.57. The molecule has 2 nitrogen and oxygen atoms in total. The summed E-state index contributed by atoms with van der Waals surface area (Å²) in [4.78, 5) is 2.54. The van der Waals surface area contributed by atoms with Crippen molar-refractivity contribution in [3.63, 3.8) is 0 Å². The molecule has 2 heterocycles. The normalized spacial score (nSPS) is 27.1. The molecule has 0 bridgehead atoms. The fraction of sp³-hybridized carbons (Fsp3) is 0.538. The molecular weight excluding hydrogens is 255 g/mol. The third-order valence-corrected chi connectivity index (χ3v) is 4.10. The number of nitrogens with one attached hydrogen (secondary N) is 1. The van der Waals surface area contributed by atoms with E-state index in [1.54, 1.807) is 11.1 Å². The van der Waals surface area contributed by atoms with E-state index in [9.17, 15) is 0 Å². The molecule has 1 aromatic rings. The topological polar surface area (TPSA) is 15.3 Å². The van der Waals surface area contributed by atoms with Crippen LogP contribution in [0.2, 0.25) is 0 Å². The SMILES string of the molecule is CN1CCc2ccccc2C12CCNC2.Cl.Cl. The summed E-state index contributed by atoms with van der Waals surface area (Å²) in [7, 11) is 2.27. The van der Waals surface area contributed by atoms with Crippen LogP contribution in [0.4, 0.5) is 0 Å². The first-order chi connectivity index (χ1) is 7.33. The summed E-state index contributed by atoms with van der Waals surface area (Å²) < 4.78 is 0. The summed E-state index contributed by atoms with van der Waals surface area (Å²) in [5, 5.41) is 3.51. The lowest BCUT2D eigenvalue weighted by atomic mass is 9.80. The van der Waals surface area contributed by atoms with E-state index in [-0.39, 0.29) is 30.4 Å². The van der Waals surface area contributed by atoms with Crippen molar-refractivity contribution >= 4 is 24.8 Å². The molecule has 0 aliphatic carbocycles. The van der Waals surface area contributed by atoms with Gasteiger partial charge in [-0.25, -0.2) is 0 Å². The molecule has 1 N–H and O–H groups in total. The van der Waals surface area contributed by atoms with Crippen molar-refractivity contribution < 1.29 is 0 Å². The molecule has 2 aliphatic heterocycles. The molecule has 0 radical (unpaired) electrons. The Bertz CT molecular complexity index is 375. The number of likely N-dealkylation sites (N-methyl/N-ethyl adjacent to an activating group) is 1. The summed E-state index contributed by atoms with van der Waals surface area (Å²) in [6.07, 6.45) is 2.45. The molecule has 1 saturated heterocycles. The summed E-state index contributed by atoms with van der Waals surface area (Å²) in [5.74, 6) is 0. The molecule has 0 saturated carbocycles. The van der Waals surface area contributed by atoms with Gasteiger partial charge in [0.15, 0.2) is 0 Å². The van der Waals surface area contributed by atoms with Crippen molar-refractivity contribution in [2.75, 3.05) is 26.7 Å². The minimum Gasteiger partial charge on any atom is -0.314 e. The average molecular weight is 275 g/mol. The molecule has 1 spiro atoms. The third kappa shape index (κ3) is 2.19. The second-order valence-electron chi connectivity index (χ2n) is 4.79. The molecule has 96 valence electrons. The number of nitrogens with zero attached hydrogens (tertiary/aromatic N) is 1. The van der Waals surface area contributed by atoms with Gasteiger partial charge in [-0.2, -0.15) is 0 Å². The maximum atomic E-state index is 3.51. The first-order valence-electron chi connectivity index (χ1n) is 5.83. The Morgan fingerprint density at radius 2 is 2.00 bits per heavy atom. The highest BCUT2D eigenvalue weighted by atomic mass is 35.5. The molecule has 1 atom stereocenters. The standard InChI is InChI=1S/C13H18N2.2ClH/c1-15-9-6-11-4-2-3-5-12(11)13(15)7-8-14-10-13;;/h2-5,14H,6-10H2,1H3;2*1H. The molecule has 0 aromatic heterocycles. The van der Waals surface area contributed by atoms with E-state index in [4.69, 9.17) is 0 Å². The van der Waals surface area contributed by atoms with E-state index in [1.165, 1.54) is 19.4 Å². The van der Waals surface area contributed by atoms with Gasteiger partial charge in [0.1, 0.15) is 0 Å². The van der Waals surface area contributed by atoms with E-state index < -0.39 is 0 Å². The lowest BCUT2D eigenvalue weighted by molar-refractivity contribution is 0.124. The highest BCUT2D eigenvalue weighted by Gasteiger charge is 2.42. The van der Waals surface area contributed by atoms with Crippen molar-refractivity contribution in [1.29, 1.82) is 0 Å². The average Bonchev–Trinajstić information content (AvgIpc) is 2.75. The van der Waals surface area contributed by atoms with Gasteiger partial charge in [0.05, 0.1) is 5.54 Å². The molecule has 2 aliphatic rings. The van der Waals surface area contributed by atoms with Crippen LogP contribution in [-0.2, 0) is 12.0 Å². The lowest BCUT2D eigenvalue weighted by Crippen LogP contribution is -2.49. The Hall–Kier alpha value is -0.280. The molecule has 17 heavy (non-hydrogen) atoms. The van der Waals surface area contributed by atoms with Gasteiger partial charge in [-0.1, -0.05) is 24.3 Å². The molecular formula is C13H20Cl2N2. The second-order valence-corrected chi connectivity index (χ2v) is 4.79. The fourth-order valence-electron chi connectivity index (χ4n) is 3.13. The van der Waals surface area contributed by atoms with Crippen molar-refractivity contribution in [3.8, 4) is 0 Å². The molecule has 1 fully saturated rings. The molecule has 4 heteroatoms. The molecule has 1 aromatic carbocycles. The maximum absolute atomic E-state index is 3.51. The predicted molar refractivity (Wildman–Crippen MR) is 76.4 cm³/mol. The van der Waals surface area contributed by atoms with Crippen molar-refractivity contribution in [2.45, 2.75) is 18.4 Å². The van der Waals surface area contributed by atoms with Gasteiger partial charge in [-0.3, -0.25) is 4.90 Å². The maximum Gasteiger partial charge on any atom is 0.0598 e. The van der Waals surface area contributed by atoms with Crippen molar-refractivity contribution in [2.24, 2.45) is 0 Å². The largest absolute Gasteiger partial charge is 0.314 e. The van der Waals surface area contributed by atoms with Gasteiger partial charge < -0.3 is 5.32 Å². The Labute approximate surface area is 116 Å². The van der Waals surface area contributed by atoms with Crippen LogP contribution in [0.25, 0.3) is 0 Å². The smallest absolute Gasteiger partial charge is 0.0598 e. The van der Waals surface area contributed by atoms with Crippen LogP contribution < -0.4 is 5.32 Å². The van der Waals surface area contributed by atoms with Crippen LogP contribution in [0, 0.1) is 0 Å². The van der Waals surface area contributed by atoms with Crippen molar-refractivity contribution in [3.05, 3.63) is 35.4 Å². The first kappa shape index (κ1) is 14.8. The van der Waals surface area contributed by atoms with E-state index in [0.29, 0.717) is 0 Å². The quantitative estimate of drug-likeness (QED) is 0.781. The number of halogens is 2. The van der Waals surface area contributed by atoms with E-state index in [0.717, 1.165) is 13.1 Å². The summed E-state index contributed by atoms with van der Waals surface area (Å²) in [5.41, 5.74) is 3.40. The minimum absolute atomic E-state index is 0. The zero-order valence-corrected chi connectivity index (χ0v) is 11.7. The number of hydrogen-bond donors (Lipinski definition) is 1. The predicted octanol–water partition coefficient (Wildman–Crippen LogP) is 2.21. The van der Waals surface area contributed by atoms with Crippen LogP contribution >= 0.6 is 24.8 Å². The van der Waals surface area contributed by atoms with E-state index >= 15 is 0 Å². The van der Waals surface area contributed by atoms with Gasteiger partial charge in [0.25, 0.3) is 0 Å². The Balaban J connectivity index is 0.000000722. The monoisotopic (exact) mass is 274 g/mol. The number of benzene rings is 1.